The van der Waals surface area contributed by atoms with Gasteiger partial charge in [-0.2, -0.15) is 0 Å². The number of hydrogen-bond acceptors (Lipinski definition) is 3. The molecular formula is C24H47NO2. The van der Waals surface area contributed by atoms with Gasteiger partial charge in [-0.05, 0) is 49.3 Å². The SMILES string of the molecule is CC.CC.CCCCCCCCc1ccc(CCC(N)(CO)CO)c(C)c1. The summed E-state index contributed by atoms with van der Waals surface area (Å²) in [6, 6.07) is 6.67. The molecule has 160 valence electrons. The monoisotopic (exact) mass is 381 g/mol. The highest BCUT2D eigenvalue weighted by Gasteiger charge is 2.22. The van der Waals surface area contributed by atoms with Gasteiger partial charge in [0.15, 0.2) is 0 Å². The fourth-order valence-electron chi connectivity index (χ4n) is 2.90. The molecule has 0 fully saturated rings. The normalized spacial score (nSPS) is 10.6. The lowest BCUT2D eigenvalue weighted by Crippen LogP contribution is -2.47. The van der Waals surface area contributed by atoms with Crippen molar-refractivity contribution in [1.82, 2.24) is 0 Å². The van der Waals surface area contributed by atoms with Crippen LogP contribution in [0.3, 0.4) is 0 Å². The minimum atomic E-state index is -0.871. The van der Waals surface area contributed by atoms with E-state index < -0.39 is 5.54 Å². The van der Waals surface area contributed by atoms with Crippen molar-refractivity contribution in [2.75, 3.05) is 13.2 Å². The summed E-state index contributed by atoms with van der Waals surface area (Å²) in [6.07, 6.45) is 10.5. The lowest BCUT2D eigenvalue weighted by molar-refractivity contribution is 0.115. The molecule has 0 amide bonds. The van der Waals surface area contributed by atoms with Crippen LogP contribution in [0.5, 0.6) is 0 Å². The predicted octanol–water partition coefficient (Wildman–Crippen LogP) is 5.57. The molecule has 0 spiro atoms. The third kappa shape index (κ3) is 13.0. The second-order valence-corrected chi connectivity index (χ2v) is 6.96. The molecule has 0 radical (unpaired) electrons. The van der Waals surface area contributed by atoms with Gasteiger partial charge in [0.2, 0.25) is 0 Å². The summed E-state index contributed by atoms with van der Waals surface area (Å²) in [5.41, 5.74) is 9.02. The maximum atomic E-state index is 9.27. The van der Waals surface area contributed by atoms with Gasteiger partial charge in [-0.15, -0.1) is 0 Å². The van der Waals surface area contributed by atoms with Crippen molar-refractivity contribution in [1.29, 1.82) is 0 Å². The summed E-state index contributed by atoms with van der Waals surface area (Å²) in [6.45, 7) is 12.0. The van der Waals surface area contributed by atoms with E-state index in [2.05, 4.69) is 32.0 Å². The van der Waals surface area contributed by atoms with Gasteiger partial charge < -0.3 is 15.9 Å². The molecule has 0 aliphatic carbocycles. The fourth-order valence-corrected chi connectivity index (χ4v) is 2.90. The number of benzene rings is 1. The molecule has 27 heavy (non-hydrogen) atoms. The minimum absolute atomic E-state index is 0.182. The molecule has 0 heterocycles. The van der Waals surface area contributed by atoms with Gasteiger partial charge in [-0.25, -0.2) is 0 Å². The molecule has 3 heteroatoms. The van der Waals surface area contributed by atoms with E-state index in [0.717, 1.165) is 12.8 Å². The molecule has 1 aromatic rings. The van der Waals surface area contributed by atoms with Gasteiger partial charge in [0.1, 0.15) is 0 Å². The van der Waals surface area contributed by atoms with Crippen molar-refractivity contribution in [3.63, 3.8) is 0 Å². The van der Waals surface area contributed by atoms with Crippen LogP contribution in [0, 0.1) is 6.92 Å². The van der Waals surface area contributed by atoms with E-state index in [9.17, 15) is 10.2 Å². The Kier molecular flexibility index (Phi) is 19.4. The van der Waals surface area contributed by atoms with Crippen LogP contribution in [0.4, 0.5) is 0 Å². The summed E-state index contributed by atoms with van der Waals surface area (Å²) < 4.78 is 0. The van der Waals surface area contributed by atoms with Crippen molar-refractivity contribution in [3.05, 3.63) is 34.9 Å². The van der Waals surface area contributed by atoms with E-state index in [1.165, 1.54) is 55.2 Å². The number of aliphatic hydroxyl groups excluding tert-OH is 2. The number of aryl methyl sites for hydroxylation is 3. The average Bonchev–Trinajstić information content (AvgIpc) is 2.72. The molecular weight excluding hydrogens is 334 g/mol. The highest BCUT2D eigenvalue weighted by atomic mass is 16.3. The molecule has 0 unspecified atom stereocenters. The number of nitrogens with two attached hydrogens (primary N) is 1. The first-order valence-electron chi connectivity index (χ1n) is 11.1. The van der Waals surface area contributed by atoms with Gasteiger partial charge in [0, 0.05) is 0 Å². The third-order valence-electron chi connectivity index (χ3n) is 4.75. The second-order valence-electron chi connectivity index (χ2n) is 6.96. The van der Waals surface area contributed by atoms with Crippen molar-refractivity contribution in [2.45, 2.75) is 105 Å². The van der Waals surface area contributed by atoms with Crippen LogP contribution in [-0.4, -0.2) is 29.0 Å². The zero-order valence-electron chi connectivity index (χ0n) is 19.0. The molecule has 1 rings (SSSR count). The van der Waals surface area contributed by atoms with Gasteiger partial charge in [0.05, 0.1) is 18.8 Å². The first kappa shape index (κ1) is 28.3. The van der Waals surface area contributed by atoms with E-state index >= 15 is 0 Å². The quantitative estimate of drug-likeness (QED) is 0.415. The largest absolute Gasteiger partial charge is 0.394 e. The Morgan fingerprint density at radius 2 is 1.41 bits per heavy atom. The van der Waals surface area contributed by atoms with Crippen LogP contribution in [0.25, 0.3) is 0 Å². The van der Waals surface area contributed by atoms with Crippen molar-refractivity contribution >= 4 is 0 Å². The van der Waals surface area contributed by atoms with Crippen LogP contribution in [-0.2, 0) is 12.8 Å². The smallest absolute Gasteiger partial charge is 0.0633 e. The molecule has 0 aromatic heterocycles. The molecule has 0 aliphatic rings. The first-order valence-corrected chi connectivity index (χ1v) is 11.1. The summed E-state index contributed by atoms with van der Waals surface area (Å²) in [5.74, 6) is 0. The van der Waals surface area contributed by atoms with Crippen LogP contribution < -0.4 is 5.73 Å². The van der Waals surface area contributed by atoms with Crippen molar-refractivity contribution in [3.8, 4) is 0 Å². The zero-order chi connectivity index (χ0) is 21.1. The Hall–Kier alpha value is -0.900. The average molecular weight is 382 g/mol. The van der Waals surface area contributed by atoms with Gasteiger partial charge in [0.25, 0.3) is 0 Å². The van der Waals surface area contributed by atoms with Crippen molar-refractivity contribution < 1.29 is 10.2 Å². The summed E-state index contributed by atoms with van der Waals surface area (Å²) in [7, 11) is 0. The van der Waals surface area contributed by atoms with E-state index in [-0.39, 0.29) is 13.2 Å². The van der Waals surface area contributed by atoms with Crippen LogP contribution in [0.15, 0.2) is 18.2 Å². The first-order chi connectivity index (χ1) is 13.0. The molecule has 3 nitrogen and oxygen atoms in total. The molecule has 0 aliphatic heterocycles. The highest BCUT2D eigenvalue weighted by Crippen LogP contribution is 2.18. The van der Waals surface area contributed by atoms with Gasteiger partial charge in [-0.1, -0.05) is 84.9 Å². The lowest BCUT2D eigenvalue weighted by Gasteiger charge is -2.24. The molecule has 0 saturated heterocycles. The standard InChI is InChI=1S/C20H35NO2.2C2H6/c1-3-4-5-6-7-8-9-18-10-11-19(17(2)14-18)12-13-20(21,15-22)16-23;2*1-2/h10-11,14,22-23H,3-9,12-13,15-16,21H2,1-2H3;2*1-2H3. The maximum absolute atomic E-state index is 9.27. The summed E-state index contributed by atoms with van der Waals surface area (Å²) >= 11 is 0. The van der Waals surface area contributed by atoms with Crippen LogP contribution >= 0.6 is 0 Å². The lowest BCUT2D eigenvalue weighted by atomic mass is 9.91. The van der Waals surface area contributed by atoms with E-state index in [4.69, 9.17) is 5.73 Å². The zero-order valence-corrected chi connectivity index (χ0v) is 19.0. The number of unbranched alkanes of at least 4 members (excludes halogenated alkanes) is 5. The molecule has 1 aromatic carbocycles. The van der Waals surface area contributed by atoms with Crippen LogP contribution in [0.2, 0.25) is 0 Å². The van der Waals surface area contributed by atoms with Gasteiger partial charge >= 0.3 is 0 Å². The summed E-state index contributed by atoms with van der Waals surface area (Å²) in [5, 5.41) is 18.5. The Morgan fingerprint density at radius 3 is 1.93 bits per heavy atom. The fraction of sp³-hybridized carbons (Fsp3) is 0.750. The van der Waals surface area contributed by atoms with E-state index in [1.807, 2.05) is 27.7 Å². The maximum Gasteiger partial charge on any atom is 0.0633 e. The molecule has 0 atom stereocenters. The Bertz CT molecular complexity index is 442. The van der Waals surface area contributed by atoms with Gasteiger partial charge in [-0.3, -0.25) is 0 Å². The number of rotatable bonds is 12. The summed E-state index contributed by atoms with van der Waals surface area (Å²) in [4.78, 5) is 0. The highest BCUT2D eigenvalue weighted by molar-refractivity contribution is 5.31. The number of hydrogen-bond donors (Lipinski definition) is 3. The Labute approximate surface area is 169 Å². The molecule has 4 N–H and O–H groups in total. The predicted molar refractivity (Wildman–Crippen MR) is 120 cm³/mol. The Morgan fingerprint density at radius 1 is 0.852 bits per heavy atom. The molecule has 0 bridgehead atoms. The van der Waals surface area contributed by atoms with E-state index in [0.29, 0.717) is 6.42 Å². The van der Waals surface area contributed by atoms with Crippen molar-refractivity contribution in [2.24, 2.45) is 5.73 Å². The number of aliphatic hydroxyl groups is 2. The third-order valence-corrected chi connectivity index (χ3v) is 4.75. The minimum Gasteiger partial charge on any atom is -0.394 e. The molecule has 0 saturated carbocycles. The Balaban J connectivity index is 0. The van der Waals surface area contributed by atoms with E-state index in [1.54, 1.807) is 0 Å². The van der Waals surface area contributed by atoms with Crippen LogP contribution in [0.1, 0.15) is 96.3 Å². The topological polar surface area (TPSA) is 66.5 Å². The second kappa shape index (κ2) is 18.5.